The first kappa shape index (κ1) is 29.6. The fourth-order valence-corrected chi connectivity index (χ4v) is 5.08. The standard InChI is InChI=1S/C27H38ClN3O4S/c1-7-21(4)29-27(33)22(5)30(18-23-10-8-11-24(28)17-23)26(32)12-9-15-31(36(6,34)35)25-16-19(2)13-14-20(25)3/h8,10-11,13-14,16-17,21-22H,7,9,12,15,18H2,1-6H3,(H,29,33). The zero-order valence-electron chi connectivity index (χ0n) is 22.0. The predicted molar refractivity (Wildman–Crippen MR) is 147 cm³/mol. The quantitative estimate of drug-likeness (QED) is 0.421. The Labute approximate surface area is 220 Å². The summed E-state index contributed by atoms with van der Waals surface area (Å²) in [5.74, 6) is -0.455. The Morgan fingerprint density at radius 2 is 1.78 bits per heavy atom. The summed E-state index contributed by atoms with van der Waals surface area (Å²) in [6.45, 7) is 9.76. The summed E-state index contributed by atoms with van der Waals surface area (Å²) in [7, 11) is -3.55. The molecule has 36 heavy (non-hydrogen) atoms. The Hall–Kier alpha value is -2.58. The first-order valence-electron chi connectivity index (χ1n) is 12.2. The Kier molecular flexibility index (Phi) is 10.8. The summed E-state index contributed by atoms with van der Waals surface area (Å²) in [5, 5.41) is 3.49. The molecule has 0 saturated carbocycles. The number of hydrogen-bond acceptors (Lipinski definition) is 4. The number of nitrogens with one attached hydrogen (secondary N) is 1. The molecule has 0 spiro atoms. The maximum absolute atomic E-state index is 13.4. The van der Waals surface area contributed by atoms with Gasteiger partial charge < -0.3 is 10.2 Å². The van der Waals surface area contributed by atoms with Crippen molar-refractivity contribution < 1.29 is 18.0 Å². The number of halogens is 1. The summed E-state index contributed by atoms with van der Waals surface area (Å²) in [4.78, 5) is 27.8. The highest BCUT2D eigenvalue weighted by Crippen LogP contribution is 2.25. The van der Waals surface area contributed by atoms with Gasteiger partial charge in [-0.25, -0.2) is 8.42 Å². The minimum Gasteiger partial charge on any atom is -0.352 e. The highest BCUT2D eigenvalue weighted by Gasteiger charge is 2.27. The molecular formula is C27H38ClN3O4S. The van der Waals surface area contributed by atoms with Gasteiger partial charge in [-0.2, -0.15) is 0 Å². The lowest BCUT2D eigenvalue weighted by Crippen LogP contribution is -2.49. The van der Waals surface area contributed by atoms with E-state index in [1.54, 1.807) is 25.1 Å². The van der Waals surface area contributed by atoms with Gasteiger partial charge in [0.25, 0.3) is 0 Å². The van der Waals surface area contributed by atoms with E-state index in [2.05, 4.69) is 5.32 Å². The van der Waals surface area contributed by atoms with E-state index in [4.69, 9.17) is 11.6 Å². The second kappa shape index (κ2) is 13.1. The molecule has 0 saturated heterocycles. The van der Waals surface area contributed by atoms with E-state index in [1.165, 1.54) is 15.5 Å². The monoisotopic (exact) mass is 535 g/mol. The van der Waals surface area contributed by atoms with E-state index >= 15 is 0 Å². The Morgan fingerprint density at radius 3 is 2.39 bits per heavy atom. The lowest BCUT2D eigenvalue weighted by Gasteiger charge is -2.30. The molecule has 9 heteroatoms. The Morgan fingerprint density at radius 1 is 1.08 bits per heavy atom. The Bertz CT molecular complexity index is 1170. The number of amides is 2. The lowest BCUT2D eigenvalue weighted by atomic mass is 10.1. The number of rotatable bonds is 12. The van der Waals surface area contributed by atoms with E-state index in [0.717, 1.165) is 23.1 Å². The summed E-state index contributed by atoms with van der Waals surface area (Å²) in [6.07, 6.45) is 2.35. The molecule has 2 atom stereocenters. The molecule has 0 bridgehead atoms. The van der Waals surface area contributed by atoms with Crippen LogP contribution in [0.2, 0.25) is 5.02 Å². The van der Waals surface area contributed by atoms with Crippen LogP contribution < -0.4 is 9.62 Å². The molecule has 2 amide bonds. The molecule has 2 rings (SSSR count). The van der Waals surface area contributed by atoms with Crippen molar-refractivity contribution in [3.8, 4) is 0 Å². The van der Waals surface area contributed by atoms with Crippen LogP contribution in [0.15, 0.2) is 42.5 Å². The molecule has 198 valence electrons. The molecule has 0 aromatic heterocycles. The van der Waals surface area contributed by atoms with Crippen molar-refractivity contribution in [2.24, 2.45) is 0 Å². The number of benzene rings is 2. The van der Waals surface area contributed by atoms with Gasteiger partial charge in [0, 0.05) is 30.6 Å². The SMILES string of the molecule is CCC(C)NC(=O)C(C)N(Cc1cccc(Cl)c1)C(=O)CCCN(c1cc(C)ccc1C)S(C)(=O)=O. The van der Waals surface area contributed by atoms with Gasteiger partial charge in [0.15, 0.2) is 0 Å². The maximum Gasteiger partial charge on any atom is 0.242 e. The number of nitrogens with zero attached hydrogens (tertiary/aromatic N) is 2. The van der Waals surface area contributed by atoms with Crippen LogP contribution in [0.4, 0.5) is 5.69 Å². The highest BCUT2D eigenvalue weighted by atomic mass is 35.5. The van der Waals surface area contributed by atoms with E-state index in [9.17, 15) is 18.0 Å². The summed E-state index contributed by atoms with van der Waals surface area (Å²) in [6, 6.07) is 12.1. The zero-order chi connectivity index (χ0) is 27.0. The van der Waals surface area contributed by atoms with Crippen LogP contribution in [0, 0.1) is 13.8 Å². The van der Waals surface area contributed by atoms with Gasteiger partial charge in [0.2, 0.25) is 21.8 Å². The van der Waals surface area contributed by atoms with Crippen molar-refractivity contribution in [2.45, 2.75) is 72.5 Å². The molecule has 0 aliphatic rings. The van der Waals surface area contributed by atoms with Gasteiger partial charge in [0.1, 0.15) is 6.04 Å². The maximum atomic E-state index is 13.4. The van der Waals surface area contributed by atoms with Gasteiger partial charge in [-0.15, -0.1) is 0 Å². The number of carbonyl (C=O) groups excluding carboxylic acids is 2. The van der Waals surface area contributed by atoms with Crippen LogP contribution >= 0.6 is 11.6 Å². The first-order valence-corrected chi connectivity index (χ1v) is 14.4. The summed E-state index contributed by atoms with van der Waals surface area (Å²) in [5.41, 5.74) is 3.22. The summed E-state index contributed by atoms with van der Waals surface area (Å²) >= 11 is 6.14. The third kappa shape index (κ3) is 8.52. The van der Waals surface area contributed by atoms with Crippen molar-refractivity contribution in [3.63, 3.8) is 0 Å². The molecular weight excluding hydrogens is 498 g/mol. The zero-order valence-corrected chi connectivity index (χ0v) is 23.6. The second-order valence-electron chi connectivity index (χ2n) is 9.37. The van der Waals surface area contributed by atoms with E-state index < -0.39 is 16.1 Å². The molecule has 0 aliphatic carbocycles. The van der Waals surface area contributed by atoms with Crippen molar-refractivity contribution in [2.75, 3.05) is 17.1 Å². The van der Waals surface area contributed by atoms with Crippen molar-refractivity contribution in [1.82, 2.24) is 10.2 Å². The molecule has 2 aromatic rings. The molecule has 7 nitrogen and oxygen atoms in total. The van der Waals surface area contributed by atoms with Crippen molar-refractivity contribution in [1.29, 1.82) is 0 Å². The molecule has 2 aromatic carbocycles. The molecule has 1 N–H and O–H groups in total. The highest BCUT2D eigenvalue weighted by molar-refractivity contribution is 7.92. The fraction of sp³-hybridized carbons (Fsp3) is 0.481. The molecule has 0 heterocycles. The largest absolute Gasteiger partial charge is 0.352 e. The summed E-state index contributed by atoms with van der Waals surface area (Å²) < 4.78 is 26.5. The molecule has 0 aliphatic heterocycles. The minimum absolute atomic E-state index is 0.0102. The van der Waals surface area contributed by atoms with Crippen LogP contribution in [0.1, 0.15) is 56.7 Å². The normalized spacial score (nSPS) is 13.1. The van der Waals surface area contributed by atoms with Gasteiger partial charge in [-0.05, 0) is 75.4 Å². The second-order valence-corrected chi connectivity index (χ2v) is 11.7. The van der Waals surface area contributed by atoms with Crippen molar-refractivity contribution in [3.05, 3.63) is 64.2 Å². The van der Waals surface area contributed by atoms with E-state index in [1.807, 2.05) is 52.0 Å². The van der Waals surface area contributed by atoms with Gasteiger partial charge in [-0.1, -0.05) is 42.8 Å². The first-order chi connectivity index (χ1) is 16.8. The molecule has 0 fully saturated rings. The third-order valence-corrected chi connectivity index (χ3v) is 7.61. The third-order valence-electron chi connectivity index (χ3n) is 6.20. The van der Waals surface area contributed by atoms with Crippen molar-refractivity contribution >= 4 is 39.1 Å². The number of sulfonamides is 1. The van der Waals surface area contributed by atoms with Gasteiger partial charge >= 0.3 is 0 Å². The van der Waals surface area contributed by atoms with Crippen LogP contribution in [0.3, 0.4) is 0 Å². The van der Waals surface area contributed by atoms with E-state index in [-0.39, 0.29) is 37.4 Å². The van der Waals surface area contributed by atoms with Crippen LogP contribution in [0.25, 0.3) is 0 Å². The number of aryl methyl sites for hydroxylation is 2. The number of hydrogen-bond donors (Lipinski definition) is 1. The smallest absolute Gasteiger partial charge is 0.242 e. The fourth-order valence-electron chi connectivity index (χ4n) is 3.85. The van der Waals surface area contributed by atoms with Crippen LogP contribution in [-0.4, -0.2) is 50.0 Å². The minimum atomic E-state index is -3.55. The van der Waals surface area contributed by atoms with E-state index in [0.29, 0.717) is 17.1 Å². The molecule has 2 unspecified atom stereocenters. The number of anilines is 1. The average Bonchev–Trinajstić information content (AvgIpc) is 2.80. The Balaban J connectivity index is 2.21. The van der Waals surface area contributed by atoms with Gasteiger partial charge in [0.05, 0.1) is 11.9 Å². The predicted octanol–water partition coefficient (Wildman–Crippen LogP) is 4.84. The van der Waals surface area contributed by atoms with Gasteiger partial charge in [-0.3, -0.25) is 13.9 Å². The number of carbonyl (C=O) groups is 2. The molecule has 0 radical (unpaired) electrons. The lowest BCUT2D eigenvalue weighted by molar-refractivity contribution is -0.140. The average molecular weight is 536 g/mol. The topological polar surface area (TPSA) is 86.8 Å². The van der Waals surface area contributed by atoms with Crippen LogP contribution in [0.5, 0.6) is 0 Å². The van der Waals surface area contributed by atoms with Crippen LogP contribution in [-0.2, 0) is 26.2 Å².